The summed E-state index contributed by atoms with van der Waals surface area (Å²) in [6.45, 7) is 3.87. The van der Waals surface area contributed by atoms with E-state index in [0.29, 0.717) is 35.6 Å². The summed E-state index contributed by atoms with van der Waals surface area (Å²) in [5.41, 5.74) is 7.96. The second-order valence-electron chi connectivity index (χ2n) is 8.97. The largest absolute Gasteiger partial charge is 0.484 e. The van der Waals surface area contributed by atoms with Crippen molar-refractivity contribution in [2.24, 2.45) is 11.1 Å². The van der Waals surface area contributed by atoms with Crippen LogP contribution in [0.25, 0.3) is 0 Å². The quantitative estimate of drug-likeness (QED) is 0.717. The molecular weight excluding hydrogens is 418 g/mol. The number of carbonyl (C=O) groups is 2. The summed E-state index contributed by atoms with van der Waals surface area (Å²) >= 11 is 0. The smallest absolute Gasteiger partial charge is 0.262 e. The molecule has 0 saturated heterocycles. The molecule has 33 heavy (non-hydrogen) atoms. The van der Waals surface area contributed by atoms with Gasteiger partial charge in [-0.2, -0.15) is 5.26 Å². The minimum Gasteiger partial charge on any atom is -0.484 e. The van der Waals surface area contributed by atoms with Gasteiger partial charge in [-0.05, 0) is 35.2 Å². The van der Waals surface area contributed by atoms with Gasteiger partial charge in [-0.3, -0.25) is 9.59 Å². The Kier molecular flexibility index (Phi) is 5.93. The summed E-state index contributed by atoms with van der Waals surface area (Å²) in [5, 5.41) is 12.5. The van der Waals surface area contributed by atoms with Crippen LogP contribution in [0, 0.1) is 16.7 Å². The van der Waals surface area contributed by atoms with Gasteiger partial charge in [0.25, 0.3) is 5.91 Å². The van der Waals surface area contributed by atoms with Crippen molar-refractivity contribution in [3.8, 4) is 11.8 Å². The Hall–Kier alpha value is -4.05. The molecule has 168 valence electrons. The lowest BCUT2D eigenvalue weighted by molar-refractivity contribution is -0.119. The first-order valence-corrected chi connectivity index (χ1v) is 10.7. The Labute approximate surface area is 192 Å². The third-order valence-corrected chi connectivity index (χ3v) is 5.72. The van der Waals surface area contributed by atoms with Gasteiger partial charge in [0.2, 0.25) is 5.88 Å². The number of rotatable bonds is 5. The maximum atomic E-state index is 13.0. The molecule has 0 radical (unpaired) electrons. The fourth-order valence-corrected chi connectivity index (χ4v) is 4.24. The summed E-state index contributed by atoms with van der Waals surface area (Å²) in [4.78, 5) is 25.1. The van der Waals surface area contributed by atoms with Crippen LogP contribution in [0.2, 0.25) is 0 Å². The number of para-hydroxylation sites is 1. The van der Waals surface area contributed by atoms with Crippen molar-refractivity contribution in [3.05, 3.63) is 82.9 Å². The second kappa shape index (κ2) is 8.83. The molecule has 0 aromatic heterocycles. The van der Waals surface area contributed by atoms with Gasteiger partial charge in [0, 0.05) is 24.1 Å². The highest BCUT2D eigenvalue weighted by atomic mass is 16.5. The number of allylic oxidation sites excluding steroid dienone is 3. The standard InChI is InChI=1S/C26H25N3O4/c1-26(2)12-20(30)24-21(13-26)33-25(28)19(14-27)23(24)16-8-10-18(11-9-16)32-15-22(31)29-17-6-4-3-5-7-17/h3-11,23H,12-13,15,28H2,1-2H3,(H,29,31)/t23-/m0/s1. The summed E-state index contributed by atoms with van der Waals surface area (Å²) < 4.78 is 11.3. The second-order valence-corrected chi connectivity index (χ2v) is 8.97. The third-order valence-electron chi connectivity index (χ3n) is 5.72. The molecule has 2 aromatic rings. The third kappa shape index (κ3) is 4.75. The number of benzene rings is 2. The van der Waals surface area contributed by atoms with Crippen molar-refractivity contribution in [2.45, 2.75) is 32.6 Å². The van der Waals surface area contributed by atoms with Gasteiger partial charge < -0.3 is 20.5 Å². The number of carbonyl (C=O) groups excluding carboxylic acids is 2. The molecule has 7 nitrogen and oxygen atoms in total. The molecule has 0 saturated carbocycles. The van der Waals surface area contributed by atoms with Crippen LogP contribution >= 0.6 is 0 Å². The van der Waals surface area contributed by atoms with E-state index in [0.717, 1.165) is 5.56 Å². The number of nitrogens with zero attached hydrogens (tertiary/aromatic N) is 1. The van der Waals surface area contributed by atoms with Crippen LogP contribution in [0.3, 0.4) is 0 Å². The van der Waals surface area contributed by atoms with Crippen LogP contribution < -0.4 is 15.8 Å². The number of nitrogens with two attached hydrogens (primary N) is 1. The number of amides is 1. The van der Waals surface area contributed by atoms with E-state index in [2.05, 4.69) is 11.4 Å². The Morgan fingerprint density at radius 1 is 1.18 bits per heavy atom. The van der Waals surface area contributed by atoms with E-state index in [-0.39, 0.29) is 35.2 Å². The highest BCUT2D eigenvalue weighted by molar-refractivity contribution is 6.00. The van der Waals surface area contributed by atoms with Crippen LogP contribution in [0.5, 0.6) is 5.75 Å². The van der Waals surface area contributed by atoms with Crippen molar-refractivity contribution in [3.63, 3.8) is 0 Å². The average Bonchev–Trinajstić information content (AvgIpc) is 2.77. The fraction of sp³-hybridized carbons (Fsp3) is 0.269. The van der Waals surface area contributed by atoms with Crippen molar-refractivity contribution in [1.29, 1.82) is 5.26 Å². The number of anilines is 1. The van der Waals surface area contributed by atoms with E-state index in [9.17, 15) is 14.9 Å². The molecule has 1 aliphatic carbocycles. The zero-order valence-electron chi connectivity index (χ0n) is 18.6. The van der Waals surface area contributed by atoms with Gasteiger partial charge in [0.1, 0.15) is 23.2 Å². The predicted molar refractivity (Wildman–Crippen MR) is 123 cm³/mol. The summed E-state index contributed by atoms with van der Waals surface area (Å²) in [5.74, 6) is 0.166. The lowest BCUT2D eigenvalue weighted by atomic mass is 9.70. The van der Waals surface area contributed by atoms with E-state index >= 15 is 0 Å². The maximum Gasteiger partial charge on any atom is 0.262 e. The maximum absolute atomic E-state index is 13.0. The van der Waals surface area contributed by atoms with Gasteiger partial charge >= 0.3 is 0 Å². The average molecular weight is 444 g/mol. The van der Waals surface area contributed by atoms with Crippen LogP contribution in [0.1, 0.15) is 38.2 Å². The molecule has 1 amide bonds. The highest BCUT2D eigenvalue weighted by Crippen LogP contribution is 2.47. The van der Waals surface area contributed by atoms with Crippen molar-refractivity contribution >= 4 is 17.4 Å². The first-order valence-electron chi connectivity index (χ1n) is 10.7. The Bertz CT molecular complexity index is 1190. The zero-order valence-corrected chi connectivity index (χ0v) is 18.6. The van der Waals surface area contributed by atoms with Crippen molar-refractivity contribution in [1.82, 2.24) is 0 Å². The summed E-state index contributed by atoms with van der Waals surface area (Å²) in [6, 6.07) is 18.2. The molecule has 3 N–H and O–H groups in total. The van der Waals surface area contributed by atoms with E-state index in [1.54, 1.807) is 36.4 Å². The molecule has 1 atom stereocenters. The minimum absolute atomic E-state index is 0.0321. The molecule has 0 unspecified atom stereocenters. The minimum atomic E-state index is -0.585. The number of hydrogen-bond donors (Lipinski definition) is 2. The van der Waals surface area contributed by atoms with Gasteiger partial charge in [-0.1, -0.05) is 44.2 Å². The van der Waals surface area contributed by atoms with E-state index in [1.165, 1.54) is 0 Å². The SMILES string of the molecule is CC1(C)CC(=O)C2=C(C1)OC(N)=C(C#N)[C@@H]2c1ccc(OCC(=O)Nc2ccccc2)cc1. The normalized spacial score (nSPS) is 19.3. The number of ketones is 1. The summed E-state index contributed by atoms with van der Waals surface area (Å²) in [7, 11) is 0. The molecule has 0 fully saturated rings. The monoisotopic (exact) mass is 443 g/mol. The van der Waals surface area contributed by atoms with Crippen molar-refractivity contribution in [2.75, 3.05) is 11.9 Å². The number of Topliss-reactive ketones (excluding diaryl/α,β-unsaturated/α-hetero) is 1. The number of nitrogens with one attached hydrogen (secondary N) is 1. The van der Waals surface area contributed by atoms with Crippen molar-refractivity contribution < 1.29 is 19.1 Å². The molecule has 1 aliphatic heterocycles. The molecule has 0 spiro atoms. The first-order chi connectivity index (χ1) is 15.8. The van der Waals surface area contributed by atoms with Crippen LogP contribution in [0.4, 0.5) is 5.69 Å². The van der Waals surface area contributed by atoms with E-state index in [4.69, 9.17) is 15.2 Å². The molecular formula is C26H25N3O4. The first kappa shape index (κ1) is 22.2. The van der Waals surface area contributed by atoms with Gasteiger partial charge in [0.15, 0.2) is 12.4 Å². The lowest BCUT2D eigenvalue weighted by Crippen LogP contribution is -2.33. The predicted octanol–water partition coefficient (Wildman–Crippen LogP) is 4.15. The van der Waals surface area contributed by atoms with Crippen LogP contribution in [0.15, 0.2) is 77.4 Å². The van der Waals surface area contributed by atoms with Gasteiger partial charge in [-0.15, -0.1) is 0 Å². The van der Waals surface area contributed by atoms with E-state index < -0.39 is 5.92 Å². The topological polar surface area (TPSA) is 114 Å². The number of ether oxygens (including phenoxy) is 2. The highest BCUT2D eigenvalue weighted by Gasteiger charge is 2.42. The lowest BCUT2D eigenvalue weighted by Gasteiger charge is -2.37. The van der Waals surface area contributed by atoms with Gasteiger partial charge in [-0.25, -0.2) is 0 Å². The summed E-state index contributed by atoms with van der Waals surface area (Å²) in [6.07, 6.45) is 0.948. The number of hydrogen-bond acceptors (Lipinski definition) is 6. The fourth-order valence-electron chi connectivity index (χ4n) is 4.24. The molecule has 1 heterocycles. The van der Waals surface area contributed by atoms with Crippen LogP contribution in [-0.2, 0) is 14.3 Å². The molecule has 4 rings (SSSR count). The van der Waals surface area contributed by atoms with E-state index in [1.807, 2.05) is 32.0 Å². The zero-order chi connectivity index (χ0) is 23.6. The Morgan fingerprint density at radius 2 is 1.88 bits per heavy atom. The van der Waals surface area contributed by atoms with Crippen LogP contribution in [-0.4, -0.2) is 18.3 Å². The Morgan fingerprint density at radius 3 is 2.55 bits per heavy atom. The Balaban J connectivity index is 1.52. The molecule has 0 bridgehead atoms. The van der Waals surface area contributed by atoms with Gasteiger partial charge in [0.05, 0.1) is 5.92 Å². The number of nitriles is 1. The molecule has 2 aliphatic rings. The molecule has 2 aromatic carbocycles. The molecule has 7 heteroatoms.